The van der Waals surface area contributed by atoms with E-state index < -0.39 is 0 Å². The highest BCUT2D eigenvalue weighted by molar-refractivity contribution is 5.06. The summed E-state index contributed by atoms with van der Waals surface area (Å²) in [5, 5.41) is 12.8. The van der Waals surface area contributed by atoms with Crippen molar-refractivity contribution in [3.8, 4) is 0 Å². The maximum absolute atomic E-state index is 9.27. The molecule has 0 aliphatic heterocycles. The Kier molecular flexibility index (Phi) is 4.63. The van der Waals surface area contributed by atoms with E-state index in [4.69, 9.17) is 0 Å². The van der Waals surface area contributed by atoms with Crippen molar-refractivity contribution in [2.24, 2.45) is 11.8 Å². The van der Waals surface area contributed by atoms with E-state index in [0.29, 0.717) is 18.4 Å². The van der Waals surface area contributed by atoms with Gasteiger partial charge < -0.3 is 15.0 Å². The molecule has 0 spiro atoms. The molecule has 2 N–H and O–H groups in total. The lowest BCUT2D eigenvalue weighted by Gasteiger charge is -2.18. The molecule has 2 atom stereocenters. The summed E-state index contributed by atoms with van der Waals surface area (Å²) >= 11 is 0. The van der Waals surface area contributed by atoms with Gasteiger partial charge in [-0.1, -0.05) is 6.42 Å². The number of aliphatic hydroxyl groups is 1. The van der Waals surface area contributed by atoms with Crippen LogP contribution in [0.15, 0.2) is 18.3 Å². The second kappa shape index (κ2) is 6.22. The first-order valence-corrected chi connectivity index (χ1v) is 6.80. The van der Waals surface area contributed by atoms with Gasteiger partial charge in [0.1, 0.15) is 0 Å². The Labute approximate surface area is 104 Å². The molecule has 3 heteroatoms. The fourth-order valence-electron chi connectivity index (χ4n) is 2.93. The monoisotopic (exact) mass is 236 g/mol. The van der Waals surface area contributed by atoms with Gasteiger partial charge in [-0.05, 0) is 50.3 Å². The second-order valence-corrected chi connectivity index (χ2v) is 5.05. The Morgan fingerprint density at radius 3 is 3.00 bits per heavy atom. The molecule has 0 bridgehead atoms. The second-order valence-electron chi connectivity index (χ2n) is 5.05. The van der Waals surface area contributed by atoms with Crippen LogP contribution < -0.4 is 5.32 Å². The Balaban J connectivity index is 1.76. The van der Waals surface area contributed by atoms with Crippen molar-refractivity contribution in [1.29, 1.82) is 0 Å². The molecular formula is C14H24N2O. The van der Waals surface area contributed by atoms with E-state index in [9.17, 15) is 5.11 Å². The van der Waals surface area contributed by atoms with Crippen molar-refractivity contribution >= 4 is 0 Å². The van der Waals surface area contributed by atoms with Crippen LogP contribution in [0.2, 0.25) is 0 Å². The van der Waals surface area contributed by atoms with Crippen molar-refractivity contribution < 1.29 is 5.11 Å². The number of nitrogens with one attached hydrogen (secondary N) is 1. The molecule has 96 valence electrons. The van der Waals surface area contributed by atoms with Crippen molar-refractivity contribution in [3.63, 3.8) is 0 Å². The van der Waals surface area contributed by atoms with E-state index in [0.717, 1.165) is 19.6 Å². The Bertz CT molecular complexity index is 335. The van der Waals surface area contributed by atoms with Crippen LogP contribution in [0.3, 0.4) is 0 Å². The predicted octanol–water partition coefficient (Wildman–Crippen LogP) is 2.01. The number of nitrogens with zero attached hydrogens (tertiary/aromatic N) is 1. The molecule has 0 radical (unpaired) electrons. The van der Waals surface area contributed by atoms with Crippen molar-refractivity contribution in [3.05, 3.63) is 24.0 Å². The van der Waals surface area contributed by atoms with Gasteiger partial charge in [-0.15, -0.1) is 0 Å². The van der Waals surface area contributed by atoms with Gasteiger partial charge in [0.25, 0.3) is 0 Å². The minimum Gasteiger partial charge on any atom is -0.396 e. The van der Waals surface area contributed by atoms with Crippen LogP contribution in [0.5, 0.6) is 0 Å². The van der Waals surface area contributed by atoms with Crippen molar-refractivity contribution in [2.75, 3.05) is 13.2 Å². The molecule has 1 aliphatic carbocycles. The molecule has 1 aromatic heterocycles. The van der Waals surface area contributed by atoms with Crippen molar-refractivity contribution in [2.45, 2.75) is 39.3 Å². The number of aryl methyl sites for hydroxylation is 1. The molecule has 1 aromatic rings. The molecule has 0 aromatic carbocycles. The maximum atomic E-state index is 9.27. The number of hydrogen-bond acceptors (Lipinski definition) is 2. The summed E-state index contributed by atoms with van der Waals surface area (Å²) in [6, 6.07) is 4.28. The fourth-order valence-corrected chi connectivity index (χ4v) is 2.93. The molecule has 1 fully saturated rings. The zero-order valence-corrected chi connectivity index (χ0v) is 10.7. The van der Waals surface area contributed by atoms with Gasteiger partial charge in [0.2, 0.25) is 0 Å². The highest BCUT2D eigenvalue weighted by atomic mass is 16.3. The average Bonchev–Trinajstić information content (AvgIpc) is 2.97. The minimum absolute atomic E-state index is 0.359. The lowest BCUT2D eigenvalue weighted by atomic mass is 9.97. The lowest BCUT2D eigenvalue weighted by Crippen LogP contribution is -2.27. The molecule has 2 unspecified atom stereocenters. The van der Waals surface area contributed by atoms with Crippen LogP contribution in [0, 0.1) is 11.8 Å². The molecule has 3 nitrogen and oxygen atoms in total. The quantitative estimate of drug-likeness (QED) is 0.793. The van der Waals surface area contributed by atoms with E-state index in [1.165, 1.54) is 25.0 Å². The van der Waals surface area contributed by atoms with Crippen molar-refractivity contribution in [1.82, 2.24) is 9.88 Å². The summed E-state index contributed by atoms with van der Waals surface area (Å²) in [5.41, 5.74) is 1.35. The zero-order chi connectivity index (χ0) is 12.1. The van der Waals surface area contributed by atoms with Crippen LogP contribution >= 0.6 is 0 Å². The largest absolute Gasteiger partial charge is 0.396 e. The third-order valence-electron chi connectivity index (χ3n) is 4.03. The van der Waals surface area contributed by atoms with Gasteiger partial charge in [-0.2, -0.15) is 0 Å². The molecule has 2 rings (SSSR count). The van der Waals surface area contributed by atoms with Crippen LogP contribution in [0.25, 0.3) is 0 Å². The van der Waals surface area contributed by atoms with Gasteiger partial charge in [-0.3, -0.25) is 0 Å². The highest BCUT2D eigenvalue weighted by Crippen LogP contribution is 2.30. The number of hydrogen-bond donors (Lipinski definition) is 2. The Morgan fingerprint density at radius 2 is 2.24 bits per heavy atom. The number of aliphatic hydroxyl groups excluding tert-OH is 1. The standard InChI is InChI=1S/C14H24N2O/c1-2-16-8-4-7-14(16)10-15-9-12-5-3-6-13(12)11-17/h4,7-8,12-13,15,17H,2-3,5-6,9-11H2,1H3. The smallest absolute Gasteiger partial charge is 0.0462 e. The van der Waals surface area contributed by atoms with E-state index in [1.807, 2.05) is 0 Å². The first-order chi connectivity index (χ1) is 8.35. The van der Waals surface area contributed by atoms with Gasteiger partial charge in [0.15, 0.2) is 0 Å². The highest BCUT2D eigenvalue weighted by Gasteiger charge is 2.25. The first kappa shape index (κ1) is 12.7. The van der Waals surface area contributed by atoms with Gasteiger partial charge >= 0.3 is 0 Å². The van der Waals surface area contributed by atoms with E-state index >= 15 is 0 Å². The zero-order valence-electron chi connectivity index (χ0n) is 10.7. The van der Waals surface area contributed by atoms with E-state index in [2.05, 4.69) is 35.1 Å². The number of aromatic nitrogens is 1. The van der Waals surface area contributed by atoms with Gasteiger partial charge in [-0.25, -0.2) is 0 Å². The Hall–Kier alpha value is -0.800. The first-order valence-electron chi connectivity index (χ1n) is 6.80. The van der Waals surface area contributed by atoms with Crippen LogP contribution in [-0.2, 0) is 13.1 Å². The lowest BCUT2D eigenvalue weighted by molar-refractivity contribution is 0.192. The van der Waals surface area contributed by atoms with Gasteiger partial charge in [0.05, 0.1) is 0 Å². The normalized spacial score (nSPS) is 24.4. The summed E-state index contributed by atoms with van der Waals surface area (Å²) < 4.78 is 2.27. The fraction of sp³-hybridized carbons (Fsp3) is 0.714. The molecular weight excluding hydrogens is 212 g/mol. The van der Waals surface area contributed by atoms with E-state index in [1.54, 1.807) is 0 Å². The molecule has 1 heterocycles. The minimum atomic E-state index is 0.359. The molecule has 1 saturated carbocycles. The summed E-state index contributed by atoms with van der Waals surface area (Å²) in [5.74, 6) is 1.20. The molecule has 1 aliphatic rings. The Morgan fingerprint density at radius 1 is 1.41 bits per heavy atom. The third-order valence-corrected chi connectivity index (χ3v) is 4.03. The topological polar surface area (TPSA) is 37.2 Å². The summed E-state index contributed by atoms with van der Waals surface area (Å²) in [6.07, 6.45) is 5.88. The van der Waals surface area contributed by atoms with Crippen LogP contribution in [0.4, 0.5) is 0 Å². The molecule has 17 heavy (non-hydrogen) atoms. The average molecular weight is 236 g/mol. The maximum Gasteiger partial charge on any atom is 0.0462 e. The van der Waals surface area contributed by atoms with Gasteiger partial charge in [0, 0.05) is 31.6 Å². The van der Waals surface area contributed by atoms with Crippen LogP contribution in [0.1, 0.15) is 31.9 Å². The summed E-state index contributed by atoms with van der Waals surface area (Å²) in [6.45, 7) is 5.54. The molecule has 0 amide bonds. The van der Waals surface area contributed by atoms with E-state index in [-0.39, 0.29) is 0 Å². The SMILES string of the molecule is CCn1cccc1CNCC1CCCC1CO. The molecule has 0 saturated heterocycles. The third kappa shape index (κ3) is 3.11. The summed E-state index contributed by atoms with van der Waals surface area (Å²) in [7, 11) is 0. The van der Waals surface area contributed by atoms with Crippen LogP contribution in [-0.4, -0.2) is 22.8 Å². The predicted molar refractivity (Wildman–Crippen MR) is 69.7 cm³/mol. The number of rotatable bonds is 6. The summed E-state index contributed by atoms with van der Waals surface area (Å²) in [4.78, 5) is 0.